The third-order valence-corrected chi connectivity index (χ3v) is 9.14. The van der Waals surface area contributed by atoms with Crippen LogP contribution in [0.3, 0.4) is 0 Å². The van der Waals surface area contributed by atoms with Gasteiger partial charge in [0.15, 0.2) is 8.32 Å². The Hall–Kier alpha value is -0.823. The van der Waals surface area contributed by atoms with Crippen molar-refractivity contribution in [3.05, 3.63) is 42.2 Å². The number of hydrogen-bond donors (Lipinski definition) is 0. The molecule has 0 aliphatic carbocycles. The molecule has 0 saturated heterocycles. The van der Waals surface area contributed by atoms with Gasteiger partial charge in [-0.25, -0.2) is 0 Å². The Bertz CT molecular complexity index is 418. The minimum absolute atomic E-state index is 0.293. The van der Waals surface area contributed by atoms with Crippen LogP contribution in [0.25, 0.3) is 0 Å². The van der Waals surface area contributed by atoms with E-state index in [-0.39, 0.29) is 0 Å². The lowest BCUT2D eigenvalue weighted by atomic mass is 10.2. The molecule has 24 heavy (non-hydrogen) atoms. The van der Waals surface area contributed by atoms with Crippen LogP contribution in [0.5, 0.6) is 0 Å². The van der Waals surface area contributed by atoms with Gasteiger partial charge in [-0.2, -0.15) is 0 Å². The molecule has 0 unspecified atom stereocenters. The fourth-order valence-electron chi connectivity index (χ4n) is 1.89. The van der Waals surface area contributed by atoms with Crippen molar-refractivity contribution in [1.29, 1.82) is 0 Å². The minimum atomic E-state index is -1.59. The van der Waals surface area contributed by atoms with Crippen LogP contribution < -0.4 is 0 Å². The molecule has 0 heterocycles. The molecule has 0 spiro atoms. The van der Waals surface area contributed by atoms with Crippen LogP contribution in [0.4, 0.5) is 0 Å². The Morgan fingerprint density at radius 1 is 0.875 bits per heavy atom. The fraction of sp³-hybridized carbons (Fsp3) is 0.682. The highest BCUT2D eigenvalue weighted by molar-refractivity contribution is 6.74. The van der Waals surface area contributed by atoms with E-state index in [1.54, 1.807) is 0 Å². The standard InChI is InChI=1S/C22H40OSi/c1-7-8-9-10-11-12-13-14-15-16-17-18-19-20-21-23-24(5,6)22(2,3)4/h11-12,14-15,17,19H,7-10,13,16,20-21H2,1-6H3. The Labute approximate surface area is 152 Å². The molecule has 0 aliphatic rings. The van der Waals surface area contributed by atoms with Gasteiger partial charge in [0.1, 0.15) is 0 Å². The molecule has 2 heteroatoms. The average Bonchev–Trinajstić information content (AvgIpc) is 2.50. The van der Waals surface area contributed by atoms with Crippen LogP contribution in [0, 0.1) is 0 Å². The first-order chi connectivity index (χ1) is 11.3. The maximum absolute atomic E-state index is 6.13. The van der Waals surface area contributed by atoms with Gasteiger partial charge in [0.05, 0.1) is 0 Å². The van der Waals surface area contributed by atoms with Crippen LogP contribution in [-0.2, 0) is 4.43 Å². The molecule has 1 nitrogen and oxygen atoms in total. The fourth-order valence-corrected chi connectivity index (χ4v) is 2.95. The molecular weight excluding hydrogens is 308 g/mol. The van der Waals surface area contributed by atoms with Gasteiger partial charge in [0.25, 0.3) is 0 Å². The molecule has 0 bridgehead atoms. The van der Waals surface area contributed by atoms with Gasteiger partial charge < -0.3 is 4.43 Å². The van der Waals surface area contributed by atoms with Crippen molar-refractivity contribution in [2.24, 2.45) is 0 Å². The summed E-state index contributed by atoms with van der Waals surface area (Å²) in [6.07, 6.45) is 21.3. The maximum Gasteiger partial charge on any atom is 0.191 e. The van der Waals surface area contributed by atoms with E-state index in [1.165, 1.54) is 25.7 Å². The second-order valence-corrected chi connectivity index (χ2v) is 12.7. The van der Waals surface area contributed by atoms with E-state index in [2.05, 4.69) is 83.0 Å². The molecular formula is C22H40OSi. The highest BCUT2D eigenvalue weighted by Gasteiger charge is 2.36. The second kappa shape index (κ2) is 13.5. The highest BCUT2D eigenvalue weighted by atomic mass is 28.4. The quantitative estimate of drug-likeness (QED) is 0.153. The zero-order valence-electron chi connectivity index (χ0n) is 17.0. The second-order valence-electron chi connectivity index (χ2n) is 7.88. The summed E-state index contributed by atoms with van der Waals surface area (Å²) in [4.78, 5) is 0. The lowest BCUT2D eigenvalue weighted by Gasteiger charge is -2.36. The first-order valence-corrected chi connectivity index (χ1v) is 12.6. The average molecular weight is 349 g/mol. The summed E-state index contributed by atoms with van der Waals surface area (Å²) in [5.41, 5.74) is 3.25. The largest absolute Gasteiger partial charge is 0.416 e. The summed E-state index contributed by atoms with van der Waals surface area (Å²) in [6, 6.07) is 0. The van der Waals surface area contributed by atoms with Gasteiger partial charge >= 0.3 is 0 Å². The molecule has 0 rings (SSSR count). The van der Waals surface area contributed by atoms with Crippen molar-refractivity contribution in [1.82, 2.24) is 0 Å². The van der Waals surface area contributed by atoms with Crippen molar-refractivity contribution in [2.75, 3.05) is 6.61 Å². The Morgan fingerprint density at radius 2 is 1.54 bits per heavy atom. The molecule has 138 valence electrons. The first kappa shape index (κ1) is 23.2. The molecule has 0 N–H and O–H groups in total. The third-order valence-electron chi connectivity index (χ3n) is 4.60. The molecule has 0 amide bonds. The Balaban J connectivity index is 3.74. The van der Waals surface area contributed by atoms with Gasteiger partial charge in [-0.05, 0) is 62.4 Å². The van der Waals surface area contributed by atoms with E-state index in [0.717, 1.165) is 25.9 Å². The van der Waals surface area contributed by atoms with Crippen LogP contribution in [-0.4, -0.2) is 14.9 Å². The van der Waals surface area contributed by atoms with Gasteiger partial charge in [-0.15, -0.1) is 5.73 Å². The normalized spacial score (nSPS) is 12.8. The molecule has 0 radical (unpaired) electrons. The van der Waals surface area contributed by atoms with E-state index in [1.807, 2.05) is 0 Å². The third kappa shape index (κ3) is 12.6. The van der Waals surface area contributed by atoms with Gasteiger partial charge in [-0.1, -0.05) is 64.8 Å². The lowest BCUT2D eigenvalue weighted by Crippen LogP contribution is -2.40. The van der Waals surface area contributed by atoms with Crippen molar-refractivity contribution < 1.29 is 4.43 Å². The minimum Gasteiger partial charge on any atom is -0.416 e. The smallest absolute Gasteiger partial charge is 0.191 e. The molecule has 0 aromatic heterocycles. The topological polar surface area (TPSA) is 9.23 Å². The zero-order valence-corrected chi connectivity index (χ0v) is 18.0. The number of unbranched alkanes of at least 4 members (excludes halogenated alkanes) is 3. The molecule has 0 saturated carbocycles. The van der Waals surface area contributed by atoms with Crippen molar-refractivity contribution in [3.63, 3.8) is 0 Å². The maximum atomic E-state index is 6.13. The summed E-state index contributed by atoms with van der Waals surface area (Å²) >= 11 is 0. The predicted octanol–water partition coefficient (Wildman–Crippen LogP) is 7.58. The van der Waals surface area contributed by atoms with Crippen LogP contribution in [0.2, 0.25) is 18.1 Å². The van der Waals surface area contributed by atoms with E-state index < -0.39 is 8.32 Å². The number of allylic oxidation sites excluding steroid dienone is 4. The van der Waals surface area contributed by atoms with Crippen molar-refractivity contribution in [2.45, 2.75) is 90.8 Å². The SMILES string of the molecule is CCCCCC=CCC=CCC=C=CCCO[Si](C)(C)C(C)(C)C. The van der Waals surface area contributed by atoms with Crippen LogP contribution >= 0.6 is 0 Å². The number of hydrogen-bond acceptors (Lipinski definition) is 1. The van der Waals surface area contributed by atoms with Gasteiger partial charge in [0.2, 0.25) is 0 Å². The van der Waals surface area contributed by atoms with E-state index in [4.69, 9.17) is 4.43 Å². The Morgan fingerprint density at radius 3 is 2.21 bits per heavy atom. The summed E-state index contributed by atoms with van der Waals surface area (Å²) in [5.74, 6) is 0. The molecule has 0 fully saturated rings. The van der Waals surface area contributed by atoms with E-state index in [0.29, 0.717) is 5.04 Å². The summed E-state index contributed by atoms with van der Waals surface area (Å²) in [5, 5.41) is 0.293. The summed E-state index contributed by atoms with van der Waals surface area (Å²) in [7, 11) is -1.59. The van der Waals surface area contributed by atoms with Gasteiger partial charge in [0, 0.05) is 6.61 Å². The highest BCUT2D eigenvalue weighted by Crippen LogP contribution is 2.36. The number of rotatable bonds is 12. The predicted molar refractivity (Wildman–Crippen MR) is 112 cm³/mol. The molecule has 0 aromatic rings. The molecule has 0 aromatic carbocycles. The van der Waals surface area contributed by atoms with Crippen molar-refractivity contribution >= 4 is 8.32 Å². The lowest BCUT2D eigenvalue weighted by molar-refractivity contribution is 0.294. The van der Waals surface area contributed by atoms with E-state index >= 15 is 0 Å². The molecule has 0 aliphatic heterocycles. The molecule has 0 atom stereocenters. The van der Waals surface area contributed by atoms with Crippen molar-refractivity contribution in [3.8, 4) is 0 Å². The van der Waals surface area contributed by atoms with Crippen LogP contribution in [0.1, 0.15) is 72.6 Å². The summed E-state index contributed by atoms with van der Waals surface area (Å²) < 4.78 is 6.13. The monoisotopic (exact) mass is 348 g/mol. The van der Waals surface area contributed by atoms with Gasteiger partial charge in [-0.3, -0.25) is 0 Å². The van der Waals surface area contributed by atoms with E-state index in [9.17, 15) is 0 Å². The summed E-state index contributed by atoms with van der Waals surface area (Å²) in [6.45, 7) is 14.5. The van der Waals surface area contributed by atoms with Crippen LogP contribution in [0.15, 0.2) is 42.2 Å². The Kier molecular flexibility index (Phi) is 13.0. The zero-order chi connectivity index (χ0) is 18.3. The first-order valence-electron chi connectivity index (χ1n) is 9.64.